The van der Waals surface area contributed by atoms with Crippen LogP contribution in [0.4, 0.5) is 4.39 Å². The van der Waals surface area contributed by atoms with Crippen molar-refractivity contribution in [3.05, 3.63) is 101 Å². The average Bonchev–Trinajstić information content (AvgIpc) is 3.70. The molecule has 6 rings (SSSR count). The predicted octanol–water partition coefficient (Wildman–Crippen LogP) is 4.16. The molecule has 0 N–H and O–H groups in total. The van der Waals surface area contributed by atoms with Gasteiger partial charge >= 0.3 is 5.97 Å². The molecular weight excluding hydrogens is 553 g/mol. The van der Waals surface area contributed by atoms with Gasteiger partial charge in [-0.3, -0.25) is 9.47 Å². The smallest absolute Gasteiger partial charge is 0.337 e. The number of nitriles is 1. The SMILES string of the molecule is COCCn1c(CN2Cc3cn(-c4nccc(OCc5ccc(C#N)cc5F)n4)cc3C2)nc2ccc(C(=O)OC)cc21. The van der Waals surface area contributed by atoms with Crippen molar-refractivity contribution in [1.82, 2.24) is 29.0 Å². The van der Waals surface area contributed by atoms with Gasteiger partial charge in [0.25, 0.3) is 0 Å². The number of hydrogen-bond donors (Lipinski definition) is 0. The molecule has 0 bridgehead atoms. The fourth-order valence-corrected chi connectivity index (χ4v) is 5.18. The lowest BCUT2D eigenvalue weighted by molar-refractivity contribution is 0.0601. The Morgan fingerprint density at radius 2 is 1.88 bits per heavy atom. The number of rotatable bonds is 10. The third-order valence-electron chi connectivity index (χ3n) is 7.33. The Bertz CT molecular complexity index is 1840. The Morgan fingerprint density at radius 3 is 2.60 bits per heavy atom. The summed E-state index contributed by atoms with van der Waals surface area (Å²) in [5, 5.41) is 8.93. The molecule has 4 heterocycles. The molecule has 0 fully saturated rings. The molecule has 0 atom stereocenters. The number of nitrogens with zero attached hydrogens (tertiary/aromatic N) is 7. The predicted molar refractivity (Wildman–Crippen MR) is 153 cm³/mol. The molecule has 3 aromatic heterocycles. The molecule has 0 aliphatic carbocycles. The highest BCUT2D eigenvalue weighted by atomic mass is 19.1. The van der Waals surface area contributed by atoms with Crippen molar-refractivity contribution in [2.24, 2.45) is 0 Å². The molecule has 5 aromatic rings. The van der Waals surface area contributed by atoms with Crippen molar-refractivity contribution in [3.8, 4) is 17.9 Å². The van der Waals surface area contributed by atoms with Crippen molar-refractivity contribution in [2.45, 2.75) is 32.8 Å². The van der Waals surface area contributed by atoms with Crippen LogP contribution in [0.25, 0.3) is 17.0 Å². The molecule has 0 saturated carbocycles. The molecule has 43 heavy (non-hydrogen) atoms. The largest absolute Gasteiger partial charge is 0.473 e. The number of benzene rings is 2. The zero-order chi connectivity index (χ0) is 29.9. The summed E-state index contributed by atoms with van der Waals surface area (Å²) in [6.45, 7) is 3.15. The quantitative estimate of drug-likeness (QED) is 0.224. The van der Waals surface area contributed by atoms with Crippen LogP contribution in [0.2, 0.25) is 0 Å². The van der Waals surface area contributed by atoms with E-state index in [0.29, 0.717) is 42.7 Å². The maximum Gasteiger partial charge on any atom is 0.337 e. The van der Waals surface area contributed by atoms with E-state index in [1.165, 1.54) is 19.2 Å². The first-order valence-electron chi connectivity index (χ1n) is 13.6. The highest BCUT2D eigenvalue weighted by Crippen LogP contribution is 2.28. The van der Waals surface area contributed by atoms with Gasteiger partial charge < -0.3 is 18.8 Å². The number of imidazole rings is 1. The first kappa shape index (κ1) is 28.0. The zero-order valence-electron chi connectivity index (χ0n) is 23.7. The van der Waals surface area contributed by atoms with E-state index in [-0.39, 0.29) is 18.1 Å². The number of hydrogen-bond acceptors (Lipinski definition) is 9. The molecule has 0 radical (unpaired) electrons. The van der Waals surface area contributed by atoms with Crippen LogP contribution in [0.15, 0.2) is 61.1 Å². The lowest BCUT2D eigenvalue weighted by atomic mass is 10.1. The zero-order valence-corrected chi connectivity index (χ0v) is 23.7. The maximum absolute atomic E-state index is 14.2. The van der Waals surface area contributed by atoms with Gasteiger partial charge in [0.05, 0.1) is 48.5 Å². The monoisotopic (exact) mass is 581 g/mol. The Morgan fingerprint density at radius 1 is 1.07 bits per heavy atom. The van der Waals surface area contributed by atoms with E-state index in [9.17, 15) is 9.18 Å². The van der Waals surface area contributed by atoms with Gasteiger partial charge in [-0.15, -0.1) is 0 Å². The van der Waals surface area contributed by atoms with Gasteiger partial charge in [-0.25, -0.2) is 19.2 Å². The van der Waals surface area contributed by atoms with Gasteiger partial charge in [-0.05, 0) is 41.5 Å². The Kier molecular flexibility index (Phi) is 7.83. The number of methoxy groups -OCH3 is 2. The van der Waals surface area contributed by atoms with E-state index in [0.717, 1.165) is 41.1 Å². The van der Waals surface area contributed by atoms with Gasteiger partial charge in [0.1, 0.15) is 18.2 Å². The van der Waals surface area contributed by atoms with Crippen LogP contribution in [-0.4, -0.2) is 55.8 Å². The van der Waals surface area contributed by atoms with Gasteiger partial charge in [-0.1, -0.05) is 6.07 Å². The number of fused-ring (bicyclic) bond motifs is 2. The van der Waals surface area contributed by atoms with E-state index in [4.69, 9.17) is 24.5 Å². The number of esters is 1. The number of halogens is 1. The minimum atomic E-state index is -0.500. The Hall–Kier alpha value is -5.12. The summed E-state index contributed by atoms with van der Waals surface area (Å²) in [5.41, 5.74) is 5.04. The number of ether oxygens (including phenoxy) is 3. The third-order valence-corrected chi connectivity index (χ3v) is 7.33. The van der Waals surface area contributed by atoms with E-state index in [1.54, 1.807) is 31.5 Å². The second-order valence-electron chi connectivity index (χ2n) is 10.1. The summed E-state index contributed by atoms with van der Waals surface area (Å²) in [4.78, 5) is 28.2. The molecule has 0 saturated heterocycles. The van der Waals surface area contributed by atoms with Crippen molar-refractivity contribution in [1.29, 1.82) is 5.26 Å². The standard InChI is InChI=1S/C31H28FN7O4/c1-41-10-9-39-27-12-21(30(40)42-2)5-6-26(27)35-28(39)18-37-14-23-16-38(17-24(23)15-37)31-34-8-7-29(36-31)43-19-22-4-3-20(13-33)11-25(22)32/h3-8,11-12,16-17H,9-10,14-15,18-19H2,1-2H3. The molecule has 1 aliphatic rings. The van der Waals surface area contributed by atoms with Crippen LogP contribution in [0, 0.1) is 17.1 Å². The van der Waals surface area contributed by atoms with E-state index in [2.05, 4.69) is 19.4 Å². The number of aromatic nitrogens is 5. The molecule has 2 aromatic carbocycles. The average molecular weight is 582 g/mol. The van der Waals surface area contributed by atoms with Crippen LogP contribution in [-0.2, 0) is 42.3 Å². The normalized spacial score (nSPS) is 12.8. The van der Waals surface area contributed by atoms with Crippen molar-refractivity contribution >= 4 is 17.0 Å². The molecule has 0 spiro atoms. The second-order valence-corrected chi connectivity index (χ2v) is 10.1. The van der Waals surface area contributed by atoms with Crippen LogP contribution in [0.3, 0.4) is 0 Å². The summed E-state index contributed by atoms with van der Waals surface area (Å²) < 4.78 is 34.1. The summed E-state index contributed by atoms with van der Waals surface area (Å²) >= 11 is 0. The Balaban J connectivity index is 1.15. The molecule has 12 heteroatoms. The molecular formula is C31H28FN7O4. The van der Waals surface area contributed by atoms with Crippen molar-refractivity contribution in [3.63, 3.8) is 0 Å². The van der Waals surface area contributed by atoms with Gasteiger partial charge in [0, 0.05) is 57.0 Å². The minimum absolute atomic E-state index is 0.0235. The second kappa shape index (κ2) is 12.0. The van der Waals surface area contributed by atoms with Gasteiger partial charge in [-0.2, -0.15) is 10.2 Å². The van der Waals surface area contributed by atoms with E-state index >= 15 is 0 Å². The first-order valence-corrected chi connectivity index (χ1v) is 13.6. The summed E-state index contributed by atoms with van der Waals surface area (Å²) in [6, 6.07) is 13.2. The van der Waals surface area contributed by atoms with Crippen LogP contribution >= 0.6 is 0 Å². The highest BCUT2D eigenvalue weighted by molar-refractivity contribution is 5.93. The topological polar surface area (TPSA) is 120 Å². The lowest BCUT2D eigenvalue weighted by Gasteiger charge is -2.17. The molecule has 0 unspecified atom stereocenters. The van der Waals surface area contributed by atoms with Gasteiger partial charge in [0.2, 0.25) is 11.8 Å². The van der Waals surface area contributed by atoms with Crippen LogP contribution in [0.5, 0.6) is 5.88 Å². The first-order chi connectivity index (χ1) is 20.9. The van der Waals surface area contributed by atoms with Crippen molar-refractivity contribution in [2.75, 3.05) is 20.8 Å². The number of carbonyl (C=O) groups excluding carboxylic acids is 1. The molecule has 0 amide bonds. The summed E-state index contributed by atoms with van der Waals surface area (Å²) in [5.74, 6) is 0.759. The minimum Gasteiger partial charge on any atom is -0.473 e. The summed E-state index contributed by atoms with van der Waals surface area (Å²) in [6.07, 6.45) is 5.61. The van der Waals surface area contributed by atoms with Crippen LogP contribution in [0.1, 0.15) is 38.4 Å². The lowest BCUT2D eigenvalue weighted by Crippen LogP contribution is -2.20. The highest BCUT2D eigenvalue weighted by Gasteiger charge is 2.24. The molecule has 218 valence electrons. The molecule has 1 aliphatic heterocycles. The third kappa shape index (κ3) is 5.81. The summed E-state index contributed by atoms with van der Waals surface area (Å²) in [7, 11) is 3.03. The van der Waals surface area contributed by atoms with Crippen LogP contribution < -0.4 is 4.74 Å². The van der Waals surface area contributed by atoms with E-state index < -0.39 is 5.82 Å². The van der Waals surface area contributed by atoms with Gasteiger partial charge in [0.15, 0.2) is 0 Å². The molecule has 11 nitrogen and oxygen atoms in total. The Labute approximate surface area is 246 Å². The number of carbonyl (C=O) groups is 1. The van der Waals surface area contributed by atoms with Crippen molar-refractivity contribution < 1.29 is 23.4 Å². The fourth-order valence-electron chi connectivity index (χ4n) is 5.18. The maximum atomic E-state index is 14.2. The van der Waals surface area contributed by atoms with E-state index in [1.807, 2.05) is 35.2 Å². The fraction of sp³-hybridized carbons (Fsp3) is 0.258.